The van der Waals surface area contributed by atoms with Crippen molar-refractivity contribution in [1.82, 2.24) is 0 Å². The molecule has 2 atom stereocenters. The molecule has 2 nitrogen and oxygen atoms in total. The molecule has 0 spiro atoms. The Morgan fingerprint density at radius 1 is 1.83 bits per heavy atom. The second-order valence-electron chi connectivity index (χ2n) is 4.00. The number of allylic oxidation sites excluding steroid dienone is 3. The number of carbonyl (C=O) groups is 1. The smallest absolute Gasteiger partial charge is 0.328 e. The van der Waals surface area contributed by atoms with Crippen LogP contribution in [0.1, 0.15) is 19.8 Å². The molecule has 1 saturated carbocycles. The molecule has 0 aromatic heterocycles. The van der Waals surface area contributed by atoms with E-state index in [4.69, 9.17) is 5.11 Å². The van der Waals surface area contributed by atoms with E-state index in [-0.39, 0.29) is 0 Å². The summed E-state index contributed by atoms with van der Waals surface area (Å²) in [6.07, 6.45) is 7.72. The maximum absolute atomic E-state index is 10.4. The zero-order valence-electron chi connectivity index (χ0n) is 7.08. The first-order chi connectivity index (χ1) is 5.62. The van der Waals surface area contributed by atoms with E-state index in [2.05, 4.69) is 19.1 Å². The highest BCUT2D eigenvalue weighted by Gasteiger charge is 2.46. The molecular formula is C10H12O2. The Morgan fingerprint density at radius 3 is 3.17 bits per heavy atom. The molecule has 0 unspecified atom stereocenters. The quantitative estimate of drug-likeness (QED) is 0.475. The van der Waals surface area contributed by atoms with Gasteiger partial charge in [-0.25, -0.2) is 4.79 Å². The summed E-state index contributed by atoms with van der Waals surface area (Å²) in [6.45, 7) is 2.22. The molecule has 0 saturated heterocycles. The number of carboxylic acid groups (broad SMARTS) is 1. The summed E-state index contributed by atoms with van der Waals surface area (Å²) in [5, 5.41) is 8.55. The van der Waals surface area contributed by atoms with Crippen molar-refractivity contribution in [2.24, 2.45) is 11.3 Å². The molecule has 2 aliphatic rings. The van der Waals surface area contributed by atoms with Gasteiger partial charge in [0.2, 0.25) is 0 Å². The SMILES string of the molecule is C[C@@]12CC=C[C@H]1C(=CC(=O)O)C2. The van der Waals surface area contributed by atoms with Crippen LogP contribution in [0.2, 0.25) is 0 Å². The standard InChI is InChI=1S/C10H12O2/c1-10-4-2-3-8(10)7(6-10)5-9(11)12/h2-3,5,8H,4,6H2,1H3,(H,11,12)/t8-,10-/m0/s1. The first kappa shape index (κ1) is 7.59. The highest BCUT2D eigenvalue weighted by molar-refractivity contribution is 5.81. The van der Waals surface area contributed by atoms with E-state index in [0.717, 1.165) is 18.4 Å². The summed E-state index contributed by atoms with van der Waals surface area (Å²) in [7, 11) is 0. The molecule has 1 fully saturated rings. The Morgan fingerprint density at radius 2 is 2.58 bits per heavy atom. The second kappa shape index (κ2) is 2.22. The normalized spacial score (nSPS) is 41.1. The van der Waals surface area contributed by atoms with Crippen LogP contribution < -0.4 is 0 Å². The average Bonchev–Trinajstić information content (AvgIpc) is 2.23. The predicted octanol–water partition coefficient (Wildman–Crippen LogP) is 1.98. The Hall–Kier alpha value is -1.05. The van der Waals surface area contributed by atoms with Gasteiger partial charge in [0.15, 0.2) is 0 Å². The zero-order chi connectivity index (χ0) is 8.77. The largest absolute Gasteiger partial charge is 0.478 e. The van der Waals surface area contributed by atoms with Gasteiger partial charge in [0.05, 0.1) is 0 Å². The van der Waals surface area contributed by atoms with Gasteiger partial charge in [-0.1, -0.05) is 24.6 Å². The van der Waals surface area contributed by atoms with Crippen LogP contribution in [0, 0.1) is 11.3 Å². The average molecular weight is 164 g/mol. The van der Waals surface area contributed by atoms with Crippen molar-refractivity contribution in [1.29, 1.82) is 0 Å². The maximum Gasteiger partial charge on any atom is 0.328 e. The Labute approximate surface area is 71.6 Å². The van der Waals surface area contributed by atoms with E-state index in [0.29, 0.717) is 11.3 Å². The van der Waals surface area contributed by atoms with Crippen molar-refractivity contribution in [3.05, 3.63) is 23.8 Å². The van der Waals surface area contributed by atoms with Crippen molar-refractivity contribution in [3.63, 3.8) is 0 Å². The zero-order valence-corrected chi connectivity index (χ0v) is 7.08. The van der Waals surface area contributed by atoms with E-state index < -0.39 is 5.97 Å². The van der Waals surface area contributed by atoms with Gasteiger partial charge in [-0.2, -0.15) is 0 Å². The van der Waals surface area contributed by atoms with E-state index in [1.54, 1.807) is 0 Å². The summed E-state index contributed by atoms with van der Waals surface area (Å²) in [5.41, 5.74) is 1.43. The minimum absolute atomic E-state index is 0.348. The van der Waals surface area contributed by atoms with Crippen LogP contribution in [0.15, 0.2) is 23.8 Å². The molecular weight excluding hydrogens is 152 g/mol. The van der Waals surface area contributed by atoms with E-state index in [1.165, 1.54) is 6.08 Å². The Bertz CT molecular complexity index is 288. The number of carboxylic acids is 1. The van der Waals surface area contributed by atoms with Crippen LogP contribution >= 0.6 is 0 Å². The summed E-state index contributed by atoms with van der Waals surface area (Å²) in [5.74, 6) is -0.402. The van der Waals surface area contributed by atoms with Crippen molar-refractivity contribution in [2.75, 3.05) is 0 Å². The van der Waals surface area contributed by atoms with Crippen molar-refractivity contribution >= 4 is 5.97 Å². The van der Waals surface area contributed by atoms with Crippen LogP contribution in [0.25, 0.3) is 0 Å². The monoisotopic (exact) mass is 164 g/mol. The van der Waals surface area contributed by atoms with E-state index >= 15 is 0 Å². The molecule has 1 N–H and O–H groups in total. The maximum atomic E-state index is 10.4. The molecule has 12 heavy (non-hydrogen) atoms. The van der Waals surface area contributed by atoms with Gasteiger partial charge in [0, 0.05) is 12.0 Å². The fraction of sp³-hybridized carbons (Fsp3) is 0.500. The molecule has 2 aliphatic carbocycles. The van der Waals surface area contributed by atoms with Crippen LogP contribution in [0.5, 0.6) is 0 Å². The summed E-state index contributed by atoms with van der Waals surface area (Å²) in [4.78, 5) is 10.4. The molecule has 0 aromatic rings. The summed E-state index contributed by atoms with van der Waals surface area (Å²) < 4.78 is 0. The first-order valence-electron chi connectivity index (χ1n) is 4.22. The molecule has 0 aromatic carbocycles. The second-order valence-corrected chi connectivity index (χ2v) is 4.00. The van der Waals surface area contributed by atoms with Gasteiger partial charge >= 0.3 is 5.97 Å². The third kappa shape index (κ3) is 0.909. The van der Waals surface area contributed by atoms with Crippen LogP contribution in [-0.2, 0) is 4.79 Å². The lowest BCUT2D eigenvalue weighted by molar-refractivity contribution is -0.131. The lowest BCUT2D eigenvalue weighted by atomic mass is 9.59. The molecule has 0 radical (unpaired) electrons. The number of fused-ring (bicyclic) bond motifs is 1. The topological polar surface area (TPSA) is 37.3 Å². The highest BCUT2D eigenvalue weighted by atomic mass is 16.4. The molecule has 0 bridgehead atoms. The van der Waals surface area contributed by atoms with E-state index in [9.17, 15) is 4.79 Å². The molecule has 0 amide bonds. The van der Waals surface area contributed by atoms with Crippen LogP contribution in [0.4, 0.5) is 0 Å². The summed E-state index contributed by atoms with van der Waals surface area (Å²) in [6, 6.07) is 0. The Balaban J connectivity index is 2.18. The summed E-state index contributed by atoms with van der Waals surface area (Å²) >= 11 is 0. The first-order valence-corrected chi connectivity index (χ1v) is 4.22. The van der Waals surface area contributed by atoms with Gasteiger partial charge in [-0.15, -0.1) is 0 Å². The minimum Gasteiger partial charge on any atom is -0.478 e. The third-order valence-corrected chi connectivity index (χ3v) is 2.98. The predicted molar refractivity (Wildman–Crippen MR) is 45.7 cm³/mol. The molecule has 2 heteroatoms. The van der Waals surface area contributed by atoms with Crippen molar-refractivity contribution < 1.29 is 9.90 Å². The van der Waals surface area contributed by atoms with Gasteiger partial charge in [0.25, 0.3) is 0 Å². The highest BCUT2D eigenvalue weighted by Crippen LogP contribution is 2.56. The van der Waals surface area contributed by atoms with Gasteiger partial charge in [-0.05, 0) is 18.3 Å². The Kier molecular flexibility index (Phi) is 1.40. The fourth-order valence-corrected chi connectivity index (χ4v) is 2.33. The number of aliphatic carboxylic acids is 1. The molecule has 64 valence electrons. The van der Waals surface area contributed by atoms with Crippen molar-refractivity contribution in [3.8, 4) is 0 Å². The van der Waals surface area contributed by atoms with Gasteiger partial charge in [-0.3, -0.25) is 0 Å². The van der Waals surface area contributed by atoms with Gasteiger partial charge < -0.3 is 5.11 Å². The lowest BCUT2D eigenvalue weighted by Gasteiger charge is -2.44. The van der Waals surface area contributed by atoms with Crippen molar-refractivity contribution in [2.45, 2.75) is 19.8 Å². The third-order valence-electron chi connectivity index (χ3n) is 2.98. The number of hydrogen-bond donors (Lipinski definition) is 1. The van der Waals surface area contributed by atoms with Crippen LogP contribution in [-0.4, -0.2) is 11.1 Å². The lowest BCUT2D eigenvalue weighted by Crippen LogP contribution is -2.35. The molecule has 0 heterocycles. The van der Waals surface area contributed by atoms with E-state index in [1.807, 2.05) is 0 Å². The fourth-order valence-electron chi connectivity index (χ4n) is 2.33. The van der Waals surface area contributed by atoms with Crippen LogP contribution in [0.3, 0.4) is 0 Å². The minimum atomic E-state index is -0.813. The number of rotatable bonds is 1. The van der Waals surface area contributed by atoms with Gasteiger partial charge in [0.1, 0.15) is 0 Å². The molecule has 2 rings (SSSR count). The molecule has 0 aliphatic heterocycles. The number of hydrogen-bond acceptors (Lipinski definition) is 1.